The fourth-order valence-electron chi connectivity index (χ4n) is 3.80. The molecule has 1 saturated heterocycles. The molecule has 0 saturated carbocycles. The van der Waals surface area contributed by atoms with E-state index in [4.69, 9.17) is 4.52 Å². The summed E-state index contributed by atoms with van der Waals surface area (Å²) in [5, 5.41) is 8.81. The van der Waals surface area contributed by atoms with Crippen LogP contribution < -0.4 is 0 Å². The lowest BCUT2D eigenvalue weighted by atomic mass is 10.0. The van der Waals surface area contributed by atoms with E-state index >= 15 is 0 Å². The second-order valence-corrected chi connectivity index (χ2v) is 10.2. The first-order chi connectivity index (χ1) is 16.1. The average molecular weight is 480 g/mol. The van der Waals surface area contributed by atoms with Gasteiger partial charge in [0, 0.05) is 37.1 Å². The van der Waals surface area contributed by atoms with Crippen LogP contribution in [0.5, 0.6) is 0 Å². The molecule has 1 fully saturated rings. The SMILES string of the molecule is CC(C)c1ccc(-c2nc(C(=O)N3CCN(Cc4nc(-c5cccs5)no4)CC3)cs2)cc1. The van der Waals surface area contributed by atoms with Crippen molar-refractivity contribution in [2.75, 3.05) is 26.2 Å². The fourth-order valence-corrected chi connectivity index (χ4v) is 5.25. The third-order valence-corrected chi connectivity index (χ3v) is 7.53. The molecule has 1 amide bonds. The normalized spacial score (nSPS) is 14.8. The van der Waals surface area contributed by atoms with E-state index in [1.807, 2.05) is 27.8 Å². The summed E-state index contributed by atoms with van der Waals surface area (Å²) < 4.78 is 5.41. The van der Waals surface area contributed by atoms with Gasteiger partial charge in [-0.2, -0.15) is 4.98 Å². The molecule has 0 radical (unpaired) electrons. The van der Waals surface area contributed by atoms with E-state index in [9.17, 15) is 4.79 Å². The first-order valence-corrected chi connectivity index (χ1v) is 12.8. The number of benzene rings is 1. The second-order valence-electron chi connectivity index (χ2n) is 8.37. The van der Waals surface area contributed by atoms with Crippen LogP contribution in [0.4, 0.5) is 0 Å². The third kappa shape index (κ3) is 4.90. The van der Waals surface area contributed by atoms with Crippen molar-refractivity contribution in [1.29, 1.82) is 0 Å². The summed E-state index contributed by atoms with van der Waals surface area (Å²) in [5.41, 5.74) is 2.87. The number of carbonyl (C=O) groups excluding carboxylic acids is 1. The number of hydrogen-bond donors (Lipinski definition) is 0. The van der Waals surface area contributed by atoms with E-state index in [1.54, 1.807) is 11.3 Å². The van der Waals surface area contributed by atoms with Crippen molar-refractivity contribution in [3.05, 3.63) is 64.3 Å². The number of rotatable bonds is 6. The summed E-state index contributed by atoms with van der Waals surface area (Å²) in [7, 11) is 0. The van der Waals surface area contributed by atoms with Crippen molar-refractivity contribution in [3.63, 3.8) is 0 Å². The zero-order valence-electron chi connectivity index (χ0n) is 18.6. The smallest absolute Gasteiger partial charge is 0.273 e. The molecule has 0 aliphatic carbocycles. The Kier molecular flexibility index (Phi) is 6.34. The van der Waals surface area contributed by atoms with Crippen LogP contribution in [0.1, 0.15) is 41.7 Å². The van der Waals surface area contributed by atoms with Crippen LogP contribution in [-0.4, -0.2) is 57.0 Å². The number of piperazine rings is 1. The Morgan fingerprint density at radius 2 is 1.85 bits per heavy atom. The van der Waals surface area contributed by atoms with Gasteiger partial charge in [0.15, 0.2) is 0 Å². The topological polar surface area (TPSA) is 75.4 Å². The molecule has 4 aromatic rings. The van der Waals surface area contributed by atoms with E-state index < -0.39 is 0 Å². The van der Waals surface area contributed by atoms with Crippen molar-refractivity contribution in [1.82, 2.24) is 24.9 Å². The molecule has 0 unspecified atom stereocenters. The molecule has 0 atom stereocenters. The van der Waals surface area contributed by atoms with E-state index in [0.717, 1.165) is 28.5 Å². The highest BCUT2D eigenvalue weighted by atomic mass is 32.1. The molecule has 3 aromatic heterocycles. The quantitative estimate of drug-likeness (QED) is 0.387. The molecule has 0 spiro atoms. The number of carbonyl (C=O) groups is 1. The van der Waals surface area contributed by atoms with Gasteiger partial charge in [-0.1, -0.05) is 49.3 Å². The highest BCUT2D eigenvalue weighted by Crippen LogP contribution is 2.27. The molecular weight excluding hydrogens is 454 g/mol. The van der Waals surface area contributed by atoms with Gasteiger partial charge in [-0.15, -0.1) is 22.7 Å². The maximum atomic E-state index is 13.0. The zero-order chi connectivity index (χ0) is 22.8. The fraction of sp³-hybridized carbons (Fsp3) is 0.333. The monoisotopic (exact) mass is 479 g/mol. The third-order valence-electron chi connectivity index (χ3n) is 5.78. The van der Waals surface area contributed by atoms with Gasteiger partial charge in [-0.05, 0) is 22.9 Å². The molecule has 9 heteroatoms. The minimum Gasteiger partial charge on any atom is -0.338 e. The molecule has 0 bridgehead atoms. The van der Waals surface area contributed by atoms with E-state index in [1.165, 1.54) is 16.9 Å². The predicted octanol–water partition coefficient (Wildman–Crippen LogP) is 5.00. The first-order valence-electron chi connectivity index (χ1n) is 11.0. The summed E-state index contributed by atoms with van der Waals surface area (Å²) in [6.07, 6.45) is 0. The first kappa shape index (κ1) is 21.9. The maximum absolute atomic E-state index is 13.0. The van der Waals surface area contributed by atoms with Gasteiger partial charge in [0.2, 0.25) is 11.7 Å². The minimum atomic E-state index is -0.00581. The molecule has 0 N–H and O–H groups in total. The minimum absolute atomic E-state index is 0.00581. The number of nitrogens with zero attached hydrogens (tertiary/aromatic N) is 5. The standard InChI is InChI=1S/C24H25N5O2S2/c1-16(2)17-5-7-18(8-6-17)23-25-19(15-33-23)24(30)29-11-9-28(10-12-29)14-21-26-22(27-31-21)20-4-3-13-32-20/h3-8,13,15-16H,9-12,14H2,1-2H3. The van der Waals surface area contributed by atoms with E-state index in [-0.39, 0.29) is 5.91 Å². The van der Waals surface area contributed by atoms with Crippen molar-refractivity contribution >= 4 is 28.6 Å². The maximum Gasteiger partial charge on any atom is 0.273 e. The number of amides is 1. The Balaban J connectivity index is 1.16. The molecule has 1 aliphatic heterocycles. The highest BCUT2D eigenvalue weighted by molar-refractivity contribution is 7.13. The summed E-state index contributed by atoms with van der Waals surface area (Å²) in [6, 6.07) is 12.4. The van der Waals surface area contributed by atoms with Crippen molar-refractivity contribution in [2.45, 2.75) is 26.3 Å². The second kappa shape index (κ2) is 9.54. The molecule has 33 heavy (non-hydrogen) atoms. The summed E-state index contributed by atoms with van der Waals surface area (Å²) in [5.74, 6) is 1.72. The lowest BCUT2D eigenvalue weighted by molar-refractivity contribution is 0.0610. The van der Waals surface area contributed by atoms with Crippen LogP contribution in [0.2, 0.25) is 0 Å². The van der Waals surface area contributed by atoms with Gasteiger partial charge >= 0.3 is 0 Å². The van der Waals surface area contributed by atoms with Crippen LogP contribution in [0, 0.1) is 0 Å². The van der Waals surface area contributed by atoms with Crippen molar-refractivity contribution < 1.29 is 9.32 Å². The van der Waals surface area contributed by atoms with Gasteiger partial charge < -0.3 is 9.42 Å². The molecule has 7 nitrogen and oxygen atoms in total. The van der Waals surface area contributed by atoms with Crippen LogP contribution in [0.15, 0.2) is 51.7 Å². The van der Waals surface area contributed by atoms with Gasteiger partial charge in [0.1, 0.15) is 10.7 Å². The van der Waals surface area contributed by atoms with Crippen LogP contribution in [0.3, 0.4) is 0 Å². The van der Waals surface area contributed by atoms with E-state index in [2.05, 4.69) is 58.1 Å². The molecular formula is C24H25N5O2S2. The van der Waals surface area contributed by atoms with Crippen molar-refractivity contribution in [2.24, 2.45) is 0 Å². The Morgan fingerprint density at radius 1 is 1.06 bits per heavy atom. The largest absolute Gasteiger partial charge is 0.338 e. The molecule has 1 aliphatic rings. The van der Waals surface area contributed by atoms with Crippen LogP contribution >= 0.6 is 22.7 Å². The Hall–Kier alpha value is -2.88. The summed E-state index contributed by atoms with van der Waals surface area (Å²) in [6.45, 7) is 7.78. The highest BCUT2D eigenvalue weighted by Gasteiger charge is 2.25. The number of thiazole rings is 1. The molecule has 5 rings (SSSR count). The number of hydrogen-bond acceptors (Lipinski definition) is 8. The van der Waals surface area contributed by atoms with Gasteiger partial charge in [-0.25, -0.2) is 4.98 Å². The molecule has 4 heterocycles. The molecule has 1 aromatic carbocycles. The lowest BCUT2D eigenvalue weighted by Gasteiger charge is -2.33. The van der Waals surface area contributed by atoms with Crippen molar-refractivity contribution in [3.8, 4) is 21.3 Å². The summed E-state index contributed by atoms with van der Waals surface area (Å²) >= 11 is 3.11. The van der Waals surface area contributed by atoms with Crippen LogP contribution in [-0.2, 0) is 6.54 Å². The predicted molar refractivity (Wildman–Crippen MR) is 130 cm³/mol. The Bertz CT molecular complexity index is 1210. The van der Waals surface area contributed by atoms with Gasteiger partial charge in [0.25, 0.3) is 5.91 Å². The number of thiophene rings is 1. The van der Waals surface area contributed by atoms with Gasteiger partial charge in [0.05, 0.1) is 11.4 Å². The molecule has 170 valence electrons. The Morgan fingerprint density at radius 3 is 2.55 bits per heavy atom. The Labute approximate surface area is 200 Å². The van der Waals surface area contributed by atoms with E-state index in [0.29, 0.717) is 43.0 Å². The summed E-state index contributed by atoms with van der Waals surface area (Å²) in [4.78, 5) is 27.2. The van der Waals surface area contributed by atoms with Crippen LogP contribution in [0.25, 0.3) is 21.3 Å². The number of aromatic nitrogens is 3. The lowest BCUT2D eigenvalue weighted by Crippen LogP contribution is -2.48. The van der Waals surface area contributed by atoms with Gasteiger partial charge in [-0.3, -0.25) is 9.69 Å². The zero-order valence-corrected chi connectivity index (χ0v) is 20.2. The average Bonchev–Trinajstić information content (AvgIpc) is 3.61.